The number of aryl methyl sites for hydroxylation is 2. The van der Waals surface area contributed by atoms with Crippen LogP contribution in [0.5, 0.6) is 0 Å². The fourth-order valence-electron chi connectivity index (χ4n) is 3.32. The Bertz CT molecular complexity index is 862. The standard InChI is InChI=1S/C22H28N2O2S/c1-5-14-10-6-8-12-16(14)23-19(25)18-15-11-7-9-13-17(15)27-20(18)24-21(26)22(2,3)4/h6,8,10,12H,5,7,9,11,13H2,1-4H3,(H,23,25)(H,24,26). The molecule has 0 saturated heterocycles. The predicted octanol–water partition coefficient (Wildman–Crippen LogP) is 5.43. The SMILES string of the molecule is CCc1ccccc1NC(=O)c1c(NC(=O)C(C)(C)C)sc2c1CCCC2. The number of carbonyl (C=O) groups is 2. The van der Waals surface area contributed by atoms with E-state index in [9.17, 15) is 9.59 Å². The first-order valence-electron chi connectivity index (χ1n) is 9.66. The van der Waals surface area contributed by atoms with Crippen molar-refractivity contribution in [3.05, 3.63) is 45.8 Å². The lowest BCUT2D eigenvalue weighted by Gasteiger charge is -2.18. The maximum absolute atomic E-state index is 13.2. The topological polar surface area (TPSA) is 58.2 Å². The van der Waals surface area contributed by atoms with E-state index < -0.39 is 5.41 Å². The minimum Gasteiger partial charge on any atom is -0.322 e. The molecule has 3 rings (SSSR count). The summed E-state index contributed by atoms with van der Waals surface area (Å²) in [6.07, 6.45) is 4.96. The Hall–Kier alpha value is -2.14. The van der Waals surface area contributed by atoms with Gasteiger partial charge in [-0.1, -0.05) is 45.9 Å². The van der Waals surface area contributed by atoms with E-state index in [-0.39, 0.29) is 11.8 Å². The highest BCUT2D eigenvalue weighted by Gasteiger charge is 2.29. The minimum absolute atomic E-state index is 0.0656. The molecule has 0 fully saturated rings. The number of benzene rings is 1. The molecule has 27 heavy (non-hydrogen) atoms. The number of anilines is 2. The van der Waals surface area contributed by atoms with Crippen molar-refractivity contribution < 1.29 is 9.59 Å². The Morgan fingerprint density at radius 3 is 2.48 bits per heavy atom. The number of hydrogen-bond acceptors (Lipinski definition) is 3. The van der Waals surface area contributed by atoms with Crippen LogP contribution >= 0.6 is 11.3 Å². The molecule has 2 N–H and O–H groups in total. The Morgan fingerprint density at radius 1 is 1.07 bits per heavy atom. The van der Waals surface area contributed by atoms with Gasteiger partial charge in [-0.15, -0.1) is 11.3 Å². The van der Waals surface area contributed by atoms with Crippen molar-refractivity contribution in [2.75, 3.05) is 10.6 Å². The van der Waals surface area contributed by atoms with E-state index in [1.807, 2.05) is 45.0 Å². The van der Waals surface area contributed by atoms with Crippen LogP contribution in [0.15, 0.2) is 24.3 Å². The first kappa shape index (κ1) is 19.6. The zero-order chi connectivity index (χ0) is 19.6. The van der Waals surface area contributed by atoms with Crippen molar-refractivity contribution in [1.82, 2.24) is 0 Å². The molecule has 0 bridgehead atoms. The highest BCUT2D eigenvalue weighted by atomic mass is 32.1. The number of amides is 2. The Balaban J connectivity index is 1.96. The molecule has 1 aliphatic rings. The van der Waals surface area contributed by atoms with Gasteiger partial charge in [-0.05, 0) is 49.3 Å². The van der Waals surface area contributed by atoms with E-state index in [0.717, 1.165) is 48.9 Å². The minimum atomic E-state index is -0.507. The summed E-state index contributed by atoms with van der Waals surface area (Å²) in [7, 11) is 0. The zero-order valence-electron chi connectivity index (χ0n) is 16.6. The van der Waals surface area contributed by atoms with Crippen LogP contribution in [0.2, 0.25) is 0 Å². The highest BCUT2D eigenvalue weighted by molar-refractivity contribution is 7.17. The summed E-state index contributed by atoms with van der Waals surface area (Å²) in [4.78, 5) is 27.0. The zero-order valence-corrected chi connectivity index (χ0v) is 17.4. The van der Waals surface area contributed by atoms with Gasteiger partial charge in [0.25, 0.3) is 5.91 Å². The average Bonchev–Trinajstić information content (AvgIpc) is 2.99. The van der Waals surface area contributed by atoms with Gasteiger partial charge in [0.15, 0.2) is 0 Å². The number of carbonyl (C=O) groups excluding carboxylic acids is 2. The lowest BCUT2D eigenvalue weighted by atomic mass is 9.94. The molecule has 4 nitrogen and oxygen atoms in total. The Labute approximate surface area is 165 Å². The molecule has 0 aliphatic heterocycles. The lowest BCUT2D eigenvalue weighted by molar-refractivity contribution is -0.123. The molecule has 0 unspecified atom stereocenters. The first-order chi connectivity index (χ1) is 12.8. The summed E-state index contributed by atoms with van der Waals surface area (Å²) < 4.78 is 0. The summed E-state index contributed by atoms with van der Waals surface area (Å²) >= 11 is 1.56. The number of para-hydroxylation sites is 1. The van der Waals surface area contributed by atoms with Gasteiger partial charge in [0.05, 0.1) is 5.56 Å². The van der Waals surface area contributed by atoms with Gasteiger partial charge >= 0.3 is 0 Å². The third-order valence-electron chi connectivity index (χ3n) is 4.95. The molecule has 1 aliphatic carbocycles. The third-order valence-corrected chi connectivity index (χ3v) is 6.16. The molecule has 1 aromatic carbocycles. The molecule has 144 valence electrons. The largest absolute Gasteiger partial charge is 0.322 e. The Kier molecular flexibility index (Phi) is 5.70. The van der Waals surface area contributed by atoms with Crippen molar-refractivity contribution in [3.8, 4) is 0 Å². The van der Waals surface area contributed by atoms with Gasteiger partial charge in [0, 0.05) is 16.0 Å². The van der Waals surface area contributed by atoms with E-state index in [1.54, 1.807) is 11.3 Å². The maximum atomic E-state index is 13.2. The van der Waals surface area contributed by atoms with E-state index in [0.29, 0.717) is 10.6 Å². The maximum Gasteiger partial charge on any atom is 0.258 e. The van der Waals surface area contributed by atoms with E-state index in [4.69, 9.17) is 0 Å². The molecule has 5 heteroatoms. The molecular weight excluding hydrogens is 356 g/mol. The lowest BCUT2D eigenvalue weighted by Crippen LogP contribution is -2.28. The van der Waals surface area contributed by atoms with Gasteiger partial charge < -0.3 is 10.6 Å². The predicted molar refractivity (Wildman–Crippen MR) is 113 cm³/mol. The second kappa shape index (κ2) is 7.85. The first-order valence-corrected chi connectivity index (χ1v) is 10.5. The monoisotopic (exact) mass is 384 g/mol. The van der Waals surface area contributed by atoms with Crippen molar-refractivity contribution in [3.63, 3.8) is 0 Å². The number of thiophene rings is 1. The normalized spacial score (nSPS) is 13.8. The quantitative estimate of drug-likeness (QED) is 0.739. The molecule has 1 heterocycles. The molecular formula is C22H28N2O2S. The van der Waals surface area contributed by atoms with Gasteiger partial charge in [0.1, 0.15) is 5.00 Å². The van der Waals surface area contributed by atoms with Gasteiger partial charge in [0.2, 0.25) is 5.91 Å². The van der Waals surface area contributed by atoms with Crippen molar-refractivity contribution in [1.29, 1.82) is 0 Å². The van der Waals surface area contributed by atoms with Crippen LogP contribution in [0.1, 0.15) is 66.9 Å². The number of rotatable bonds is 4. The van der Waals surface area contributed by atoms with Crippen LogP contribution in [0.4, 0.5) is 10.7 Å². The molecule has 2 aromatic rings. The van der Waals surface area contributed by atoms with Crippen LogP contribution in [0.3, 0.4) is 0 Å². The van der Waals surface area contributed by atoms with Gasteiger partial charge in [-0.25, -0.2) is 0 Å². The fourth-order valence-corrected chi connectivity index (χ4v) is 4.60. The molecule has 0 radical (unpaired) electrons. The van der Waals surface area contributed by atoms with E-state index in [1.165, 1.54) is 4.88 Å². The number of nitrogens with one attached hydrogen (secondary N) is 2. The third kappa shape index (κ3) is 4.24. The molecule has 1 aromatic heterocycles. The van der Waals surface area contributed by atoms with Crippen molar-refractivity contribution >= 4 is 33.8 Å². The van der Waals surface area contributed by atoms with Gasteiger partial charge in [-0.2, -0.15) is 0 Å². The van der Waals surface area contributed by atoms with E-state index >= 15 is 0 Å². The second-order valence-electron chi connectivity index (χ2n) is 8.08. The van der Waals surface area contributed by atoms with E-state index in [2.05, 4.69) is 17.6 Å². The molecule has 0 spiro atoms. The smallest absolute Gasteiger partial charge is 0.258 e. The summed E-state index contributed by atoms with van der Waals surface area (Å²) in [5, 5.41) is 6.79. The highest BCUT2D eigenvalue weighted by Crippen LogP contribution is 2.39. The molecule has 2 amide bonds. The number of hydrogen-bond donors (Lipinski definition) is 2. The van der Waals surface area contributed by atoms with Crippen LogP contribution in [-0.4, -0.2) is 11.8 Å². The fraction of sp³-hybridized carbons (Fsp3) is 0.455. The van der Waals surface area contributed by atoms with Crippen LogP contribution in [0.25, 0.3) is 0 Å². The Morgan fingerprint density at radius 2 is 1.78 bits per heavy atom. The summed E-state index contributed by atoms with van der Waals surface area (Å²) in [6.45, 7) is 7.72. The molecule has 0 saturated carbocycles. The van der Waals surface area contributed by atoms with Crippen molar-refractivity contribution in [2.24, 2.45) is 5.41 Å². The van der Waals surface area contributed by atoms with Crippen LogP contribution in [-0.2, 0) is 24.1 Å². The second-order valence-corrected chi connectivity index (χ2v) is 9.19. The summed E-state index contributed by atoms with van der Waals surface area (Å²) in [5.41, 5.74) is 3.21. The summed E-state index contributed by atoms with van der Waals surface area (Å²) in [6, 6.07) is 7.88. The van der Waals surface area contributed by atoms with Gasteiger partial charge in [-0.3, -0.25) is 9.59 Å². The average molecular weight is 385 g/mol. The van der Waals surface area contributed by atoms with Crippen LogP contribution in [0, 0.1) is 5.41 Å². The van der Waals surface area contributed by atoms with Crippen LogP contribution < -0.4 is 10.6 Å². The molecule has 0 atom stereocenters. The summed E-state index contributed by atoms with van der Waals surface area (Å²) in [5.74, 6) is -0.191. The number of fused-ring (bicyclic) bond motifs is 1. The van der Waals surface area contributed by atoms with Crippen molar-refractivity contribution in [2.45, 2.75) is 59.8 Å².